The van der Waals surface area contributed by atoms with Crippen LogP contribution in [0.25, 0.3) is 0 Å². The van der Waals surface area contributed by atoms with Crippen LogP contribution in [0.1, 0.15) is 43.1 Å². The van der Waals surface area contributed by atoms with Crippen LogP contribution < -0.4 is 4.74 Å². The third-order valence-corrected chi connectivity index (χ3v) is 5.79. The molecule has 6 heteroatoms. The molecular weight excluding hydrogens is 336 g/mol. The second kappa shape index (κ2) is 5.50. The first-order chi connectivity index (χ1) is 12.2. The van der Waals surface area contributed by atoms with Crippen molar-refractivity contribution in [2.45, 2.75) is 43.2 Å². The number of aliphatic hydroxyl groups is 4. The number of methoxy groups -OCH3 is 1. The Labute approximate surface area is 151 Å². The van der Waals surface area contributed by atoms with Gasteiger partial charge in [0.25, 0.3) is 0 Å². The van der Waals surface area contributed by atoms with E-state index in [1.807, 2.05) is 0 Å². The third-order valence-electron chi connectivity index (χ3n) is 5.79. The van der Waals surface area contributed by atoms with Crippen LogP contribution in [0.3, 0.4) is 0 Å². The van der Waals surface area contributed by atoms with Crippen molar-refractivity contribution in [2.75, 3.05) is 7.11 Å². The van der Waals surface area contributed by atoms with Crippen molar-refractivity contribution in [1.29, 1.82) is 0 Å². The first-order valence-electron chi connectivity index (χ1n) is 8.63. The van der Waals surface area contributed by atoms with Crippen LogP contribution in [0.4, 0.5) is 0 Å². The lowest BCUT2D eigenvalue weighted by atomic mass is 9.60. The molecule has 138 valence electrons. The molecule has 1 aromatic rings. The Hall–Kier alpha value is -1.99. The van der Waals surface area contributed by atoms with E-state index >= 15 is 0 Å². The summed E-state index contributed by atoms with van der Waals surface area (Å²) in [7, 11) is 1.45. The normalized spacial score (nSPS) is 38.5. The number of rotatable bonds is 1. The molecule has 0 heterocycles. The van der Waals surface area contributed by atoms with E-state index in [1.165, 1.54) is 13.2 Å². The molecule has 5 unspecified atom stereocenters. The zero-order valence-corrected chi connectivity index (χ0v) is 14.6. The van der Waals surface area contributed by atoms with Crippen molar-refractivity contribution < 1.29 is 30.0 Å². The monoisotopic (exact) mass is 358 g/mol. The summed E-state index contributed by atoms with van der Waals surface area (Å²) < 4.78 is 5.29. The van der Waals surface area contributed by atoms with E-state index in [1.54, 1.807) is 31.2 Å². The maximum Gasteiger partial charge on any atom is 0.162 e. The number of ketones is 1. The van der Waals surface area contributed by atoms with Crippen LogP contribution in [-0.2, 0) is 4.79 Å². The summed E-state index contributed by atoms with van der Waals surface area (Å²) in [5.74, 6) is -0.950. The first-order valence-corrected chi connectivity index (χ1v) is 8.63. The maximum absolute atomic E-state index is 12.7. The molecule has 3 aliphatic rings. The summed E-state index contributed by atoms with van der Waals surface area (Å²) in [5, 5.41) is 43.6. The lowest BCUT2D eigenvalue weighted by Gasteiger charge is -2.49. The molecule has 0 aromatic heterocycles. The van der Waals surface area contributed by atoms with Gasteiger partial charge in [0.2, 0.25) is 0 Å². The second-order valence-corrected chi connectivity index (χ2v) is 7.72. The van der Waals surface area contributed by atoms with E-state index in [4.69, 9.17) is 4.74 Å². The van der Waals surface area contributed by atoms with Gasteiger partial charge in [-0.2, -0.15) is 0 Å². The summed E-state index contributed by atoms with van der Waals surface area (Å²) in [4.78, 5) is 12.7. The standard InChI is InChI=1S/C20H22O6/c1-19(24)8-10-6-7-20(25)16(14(10)12(21)9-19)17(22)11-4-3-5-13(26-2)15(11)18(20)23/h3-7,16-18,22-25H,8-9H2,1-2H3. The number of hydrogen-bond donors (Lipinski definition) is 4. The minimum atomic E-state index is -1.83. The number of carbonyl (C=O) groups is 1. The Balaban J connectivity index is 1.92. The van der Waals surface area contributed by atoms with E-state index in [0.717, 1.165) is 0 Å². The molecule has 0 saturated carbocycles. The van der Waals surface area contributed by atoms with Gasteiger partial charge in [-0.3, -0.25) is 4.79 Å². The number of carbonyl (C=O) groups excluding carboxylic acids is 1. The van der Waals surface area contributed by atoms with Gasteiger partial charge in [0.15, 0.2) is 5.78 Å². The highest BCUT2D eigenvalue weighted by Crippen LogP contribution is 2.56. The number of ether oxygens (including phenoxy) is 1. The Morgan fingerprint density at radius 1 is 1.19 bits per heavy atom. The lowest BCUT2D eigenvalue weighted by molar-refractivity contribution is -0.135. The number of Topliss-reactive ketones (excluding diaryl/α,β-unsaturated/α-hetero) is 1. The van der Waals surface area contributed by atoms with Gasteiger partial charge < -0.3 is 25.2 Å². The topological polar surface area (TPSA) is 107 Å². The van der Waals surface area contributed by atoms with E-state index in [2.05, 4.69) is 0 Å². The molecule has 0 amide bonds. The van der Waals surface area contributed by atoms with Gasteiger partial charge in [-0.25, -0.2) is 0 Å². The highest BCUT2D eigenvalue weighted by Gasteiger charge is 2.57. The summed E-state index contributed by atoms with van der Waals surface area (Å²) in [6.45, 7) is 1.59. The Kier molecular flexibility index (Phi) is 3.69. The molecule has 0 bridgehead atoms. The quantitative estimate of drug-likeness (QED) is 0.599. The van der Waals surface area contributed by atoms with Gasteiger partial charge in [0, 0.05) is 24.0 Å². The van der Waals surface area contributed by atoms with Gasteiger partial charge in [-0.15, -0.1) is 0 Å². The predicted octanol–water partition coefficient (Wildman–Crippen LogP) is 1.10. The fraction of sp³-hybridized carbons (Fsp3) is 0.450. The van der Waals surface area contributed by atoms with Gasteiger partial charge in [0.1, 0.15) is 17.5 Å². The minimum Gasteiger partial charge on any atom is -0.496 e. The molecular formula is C20H22O6. The van der Waals surface area contributed by atoms with E-state index in [0.29, 0.717) is 28.0 Å². The van der Waals surface area contributed by atoms with Crippen molar-refractivity contribution in [3.05, 3.63) is 52.6 Å². The number of hydrogen-bond acceptors (Lipinski definition) is 6. The molecule has 0 fully saturated rings. The Bertz CT molecular complexity index is 852. The number of benzene rings is 1. The van der Waals surface area contributed by atoms with Gasteiger partial charge in [0.05, 0.1) is 24.7 Å². The molecule has 0 aliphatic heterocycles. The molecule has 5 atom stereocenters. The molecule has 6 nitrogen and oxygen atoms in total. The van der Waals surface area contributed by atoms with Crippen molar-refractivity contribution in [2.24, 2.45) is 5.92 Å². The summed E-state index contributed by atoms with van der Waals surface area (Å²) in [5.41, 5.74) is -1.35. The second-order valence-electron chi connectivity index (χ2n) is 7.72. The fourth-order valence-electron chi connectivity index (χ4n) is 4.65. The Morgan fingerprint density at radius 3 is 2.62 bits per heavy atom. The molecule has 4 N–H and O–H groups in total. The average molecular weight is 358 g/mol. The average Bonchev–Trinajstić information content (AvgIpc) is 2.58. The zero-order valence-electron chi connectivity index (χ0n) is 14.6. The molecule has 1 aromatic carbocycles. The van der Waals surface area contributed by atoms with E-state index in [9.17, 15) is 25.2 Å². The zero-order chi connectivity index (χ0) is 18.9. The van der Waals surface area contributed by atoms with Crippen molar-refractivity contribution in [1.82, 2.24) is 0 Å². The van der Waals surface area contributed by atoms with Crippen LogP contribution in [0.5, 0.6) is 5.75 Å². The lowest BCUT2D eigenvalue weighted by Crippen LogP contribution is -2.53. The summed E-state index contributed by atoms with van der Waals surface area (Å²) in [6, 6.07) is 5.01. The molecule has 0 radical (unpaired) electrons. The molecule has 0 spiro atoms. The predicted molar refractivity (Wildman–Crippen MR) is 92.4 cm³/mol. The molecule has 3 aliphatic carbocycles. The smallest absolute Gasteiger partial charge is 0.162 e. The first kappa shape index (κ1) is 17.4. The Morgan fingerprint density at radius 2 is 1.92 bits per heavy atom. The van der Waals surface area contributed by atoms with E-state index in [-0.39, 0.29) is 18.6 Å². The molecule has 0 saturated heterocycles. The number of fused-ring (bicyclic) bond motifs is 3. The minimum absolute atomic E-state index is 0.0833. The SMILES string of the molecule is COc1cccc2c1C(O)C1(O)C=CC3=C(C(=O)CC(C)(O)C3)C1C2O. The van der Waals surface area contributed by atoms with E-state index < -0.39 is 29.3 Å². The molecule has 26 heavy (non-hydrogen) atoms. The molecule has 4 rings (SSSR count). The largest absolute Gasteiger partial charge is 0.496 e. The van der Waals surface area contributed by atoms with Crippen LogP contribution in [0, 0.1) is 5.92 Å². The third kappa shape index (κ3) is 2.23. The van der Waals surface area contributed by atoms with Crippen LogP contribution >= 0.6 is 0 Å². The maximum atomic E-state index is 12.7. The highest BCUT2D eigenvalue weighted by molar-refractivity contribution is 5.99. The number of allylic oxidation sites excluding steroid dienone is 1. The van der Waals surface area contributed by atoms with Crippen molar-refractivity contribution >= 4 is 5.78 Å². The number of aliphatic hydroxyl groups excluding tert-OH is 2. The van der Waals surface area contributed by atoms with Gasteiger partial charge >= 0.3 is 0 Å². The summed E-state index contributed by atoms with van der Waals surface area (Å²) in [6.07, 6.45) is 0.630. The van der Waals surface area contributed by atoms with Crippen molar-refractivity contribution in [3.63, 3.8) is 0 Å². The van der Waals surface area contributed by atoms with Crippen LogP contribution in [-0.4, -0.2) is 44.5 Å². The fourth-order valence-corrected chi connectivity index (χ4v) is 4.65. The van der Waals surface area contributed by atoms with Gasteiger partial charge in [-0.1, -0.05) is 18.2 Å². The van der Waals surface area contributed by atoms with Crippen molar-refractivity contribution in [3.8, 4) is 5.75 Å². The summed E-state index contributed by atoms with van der Waals surface area (Å²) >= 11 is 0. The van der Waals surface area contributed by atoms with Gasteiger partial charge in [-0.05, 0) is 30.2 Å². The highest BCUT2D eigenvalue weighted by atomic mass is 16.5. The van der Waals surface area contributed by atoms with Crippen LogP contribution in [0.15, 0.2) is 41.5 Å². The van der Waals surface area contributed by atoms with Crippen LogP contribution in [0.2, 0.25) is 0 Å².